The number of Topliss-reactive ketones (excluding diaryl/α,β-unsaturated/α-hetero) is 1. The van der Waals surface area contributed by atoms with Crippen LogP contribution >= 0.6 is 0 Å². The normalized spacial score (nSPS) is 22.2. The Balaban J connectivity index is 2.26. The number of ketones is 1. The molecule has 0 saturated heterocycles. The molecule has 4 heteroatoms. The summed E-state index contributed by atoms with van der Waals surface area (Å²) in [7, 11) is 0.268. The number of rotatable bonds is 3. The molecule has 17 heavy (non-hydrogen) atoms. The van der Waals surface area contributed by atoms with Gasteiger partial charge in [0.05, 0.1) is 28.1 Å². The first-order valence-electron chi connectivity index (χ1n) is 5.80. The fraction of sp³-hybridized carbons (Fsp3) is 0.462. The fourth-order valence-electron chi connectivity index (χ4n) is 2.12. The molecule has 0 bridgehead atoms. The number of benzene rings is 1. The summed E-state index contributed by atoms with van der Waals surface area (Å²) in [6, 6.07) is 7.21. The average molecular weight is 252 g/mol. The third-order valence-electron chi connectivity index (χ3n) is 3.04. The van der Waals surface area contributed by atoms with Crippen molar-refractivity contribution in [3.05, 3.63) is 24.3 Å². The lowest BCUT2D eigenvalue weighted by Gasteiger charge is -2.20. The van der Waals surface area contributed by atoms with E-state index >= 15 is 0 Å². The molecule has 2 unspecified atom stereocenters. The first-order chi connectivity index (χ1) is 8.24. The lowest BCUT2D eigenvalue weighted by molar-refractivity contribution is -0.119. The zero-order valence-electron chi connectivity index (χ0n) is 9.85. The maximum atomic E-state index is 12.4. The van der Waals surface area contributed by atoms with E-state index in [1.165, 1.54) is 0 Å². The number of carbonyl (C=O) groups is 1. The van der Waals surface area contributed by atoms with Crippen LogP contribution in [-0.2, 0) is 15.6 Å². The van der Waals surface area contributed by atoms with Crippen LogP contribution in [0.15, 0.2) is 29.2 Å². The highest BCUT2D eigenvalue weighted by Gasteiger charge is 2.29. The Labute approximate surface area is 104 Å². The van der Waals surface area contributed by atoms with Crippen LogP contribution in [0.3, 0.4) is 0 Å². The largest absolute Gasteiger partial charge is 0.495 e. The second-order valence-corrected chi connectivity index (χ2v) is 5.75. The number of ether oxygens (including phenoxy) is 1. The standard InChI is InChI=1S/C13H16O3S/c1-16-11-7-3-5-9-13(11)17(15)12-8-4-2-6-10(12)14/h3,5,7,9,12H,2,4,6,8H2,1H3. The molecule has 1 aromatic carbocycles. The molecule has 1 fully saturated rings. The molecule has 0 N–H and O–H groups in total. The van der Waals surface area contributed by atoms with E-state index in [2.05, 4.69) is 0 Å². The van der Waals surface area contributed by atoms with Gasteiger partial charge in [0.2, 0.25) is 0 Å². The highest BCUT2D eigenvalue weighted by atomic mass is 32.2. The number of carbonyl (C=O) groups excluding carboxylic acids is 1. The summed E-state index contributed by atoms with van der Waals surface area (Å²) in [6.45, 7) is 0. The van der Waals surface area contributed by atoms with Gasteiger partial charge in [-0.3, -0.25) is 9.00 Å². The number of para-hydroxylation sites is 1. The molecular formula is C13H16O3S. The van der Waals surface area contributed by atoms with E-state index in [1.54, 1.807) is 19.2 Å². The minimum atomic E-state index is -1.29. The van der Waals surface area contributed by atoms with E-state index in [0.717, 1.165) is 19.3 Å². The second-order valence-electron chi connectivity index (χ2n) is 4.15. The van der Waals surface area contributed by atoms with Crippen molar-refractivity contribution < 1.29 is 13.7 Å². The second kappa shape index (κ2) is 5.45. The van der Waals surface area contributed by atoms with Crippen molar-refractivity contribution in [3.8, 4) is 5.75 Å². The Morgan fingerprint density at radius 2 is 2.06 bits per heavy atom. The summed E-state index contributed by atoms with van der Waals surface area (Å²) in [5, 5.41) is -0.347. The van der Waals surface area contributed by atoms with Crippen molar-refractivity contribution in [2.24, 2.45) is 0 Å². The summed E-state index contributed by atoms with van der Waals surface area (Å²) in [5.74, 6) is 0.727. The Morgan fingerprint density at radius 3 is 2.76 bits per heavy atom. The SMILES string of the molecule is COc1ccccc1S(=O)C1CCCCC1=O. The van der Waals surface area contributed by atoms with Crippen LogP contribution in [0.4, 0.5) is 0 Å². The lowest BCUT2D eigenvalue weighted by atomic mass is 9.99. The molecule has 0 radical (unpaired) electrons. The van der Waals surface area contributed by atoms with E-state index in [-0.39, 0.29) is 11.0 Å². The summed E-state index contributed by atoms with van der Waals surface area (Å²) >= 11 is 0. The highest BCUT2D eigenvalue weighted by molar-refractivity contribution is 7.86. The van der Waals surface area contributed by atoms with Gasteiger partial charge in [0, 0.05) is 6.42 Å². The molecule has 3 nitrogen and oxygen atoms in total. The van der Waals surface area contributed by atoms with Crippen LogP contribution < -0.4 is 4.74 Å². The third kappa shape index (κ3) is 2.57. The van der Waals surface area contributed by atoms with Crippen molar-refractivity contribution >= 4 is 16.6 Å². The van der Waals surface area contributed by atoms with Gasteiger partial charge in [0.25, 0.3) is 0 Å². The highest BCUT2D eigenvalue weighted by Crippen LogP contribution is 2.28. The van der Waals surface area contributed by atoms with Crippen LogP contribution in [0.25, 0.3) is 0 Å². The van der Waals surface area contributed by atoms with Gasteiger partial charge in [0.15, 0.2) is 0 Å². The smallest absolute Gasteiger partial charge is 0.148 e. The van der Waals surface area contributed by atoms with Crippen LogP contribution in [0.2, 0.25) is 0 Å². The van der Waals surface area contributed by atoms with Gasteiger partial charge >= 0.3 is 0 Å². The van der Waals surface area contributed by atoms with Crippen molar-refractivity contribution in [1.82, 2.24) is 0 Å². The molecular weight excluding hydrogens is 236 g/mol. The quantitative estimate of drug-likeness (QED) is 0.829. The Bertz CT molecular complexity index is 442. The van der Waals surface area contributed by atoms with Gasteiger partial charge in [-0.15, -0.1) is 0 Å². The molecule has 1 aliphatic rings. The Kier molecular flexibility index (Phi) is 3.94. The zero-order valence-corrected chi connectivity index (χ0v) is 10.7. The molecule has 92 valence electrons. The minimum absolute atomic E-state index is 0.125. The molecule has 0 aliphatic heterocycles. The van der Waals surface area contributed by atoms with Crippen molar-refractivity contribution in [2.45, 2.75) is 35.8 Å². The monoisotopic (exact) mass is 252 g/mol. The van der Waals surface area contributed by atoms with Gasteiger partial charge in [-0.2, -0.15) is 0 Å². The van der Waals surface area contributed by atoms with E-state index in [4.69, 9.17) is 4.74 Å². The Morgan fingerprint density at radius 1 is 1.29 bits per heavy atom. The van der Waals surface area contributed by atoms with Crippen molar-refractivity contribution in [3.63, 3.8) is 0 Å². The van der Waals surface area contributed by atoms with Gasteiger partial charge in [-0.1, -0.05) is 18.6 Å². The predicted molar refractivity (Wildman–Crippen MR) is 66.7 cm³/mol. The number of hydrogen-bond acceptors (Lipinski definition) is 3. The van der Waals surface area contributed by atoms with Crippen molar-refractivity contribution in [2.75, 3.05) is 7.11 Å². The lowest BCUT2D eigenvalue weighted by Crippen LogP contribution is -2.29. The molecule has 2 rings (SSSR count). The van der Waals surface area contributed by atoms with Crippen LogP contribution in [0, 0.1) is 0 Å². The molecule has 0 amide bonds. The molecule has 1 aliphatic carbocycles. The van der Waals surface area contributed by atoms with Crippen molar-refractivity contribution in [1.29, 1.82) is 0 Å². The summed E-state index contributed by atoms with van der Waals surface area (Å²) in [4.78, 5) is 12.4. The average Bonchev–Trinajstić information content (AvgIpc) is 2.38. The molecule has 0 spiro atoms. The van der Waals surface area contributed by atoms with Gasteiger partial charge in [-0.05, 0) is 25.0 Å². The first kappa shape index (κ1) is 12.3. The summed E-state index contributed by atoms with van der Waals surface area (Å²) in [6.07, 6.45) is 3.20. The van der Waals surface area contributed by atoms with E-state index in [0.29, 0.717) is 17.1 Å². The van der Waals surface area contributed by atoms with Crippen LogP contribution in [0.5, 0.6) is 5.75 Å². The maximum Gasteiger partial charge on any atom is 0.148 e. The zero-order chi connectivity index (χ0) is 12.3. The number of hydrogen-bond donors (Lipinski definition) is 0. The van der Waals surface area contributed by atoms with Crippen LogP contribution in [-0.4, -0.2) is 22.4 Å². The van der Waals surface area contributed by atoms with E-state index < -0.39 is 10.8 Å². The minimum Gasteiger partial charge on any atom is -0.495 e. The summed E-state index contributed by atoms with van der Waals surface area (Å²) < 4.78 is 17.6. The number of methoxy groups -OCH3 is 1. The fourth-order valence-corrected chi connectivity index (χ4v) is 3.72. The van der Waals surface area contributed by atoms with Gasteiger partial charge in [0.1, 0.15) is 11.5 Å². The van der Waals surface area contributed by atoms with E-state index in [9.17, 15) is 9.00 Å². The molecule has 2 atom stereocenters. The topological polar surface area (TPSA) is 43.4 Å². The molecule has 0 heterocycles. The Hall–Kier alpha value is -1.16. The van der Waals surface area contributed by atoms with Crippen LogP contribution in [0.1, 0.15) is 25.7 Å². The summed E-state index contributed by atoms with van der Waals surface area (Å²) in [5.41, 5.74) is 0. The molecule has 0 aromatic heterocycles. The van der Waals surface area contributed by atoms with E-state index in [1.807, 2.05) is 12.1 Å². The maximum absolute atomic E-state index is 12.4. The predicted octanol–water partition coefficient (Wildman–Crippen LogP) is 2.31. The third-order valence-corrected chi connectivity index (χ3v) is 4.83. The molecule has 1 saturated carbocycles. The molecule has 1 aromatic rings. The van der Waals surface area contributed by atoms with Gasteiger partial charge in [-0.25, -0.2) is 0 Å². The van der Waals surface area contributed by atoms with Gasteiger partial charge < -0.3 is 4.74 Å². The first-order valence-corrected chi connectivity index (χ1v) is 7.01.